The Morgan fingerprint density at radius 3 is 1.68 bits per heavy atom. The quantitative estimate of drug-likeness (QED) is 0.611. The Balaban J connectivity index is 3.16. The van der Waals surface area contributed by atoms with Gasteiger partial charge in [-0.05, 0) is 17.3 Å². The van der Waals surface area contributed by atoms with Crippen molar-refractivity contribution in [2.75, 3.05) is 7.11 Å². The smallest absolute Gasteiger partial charge is 0.337 e. The number of benzene rings is 1. The maximum absolute atomic E-state index is 11.5. The number of methoxy groups -OCH3 is 1. The van der Waals surface area contributed by atoms with E-state index in [1.807, 2.05) is 12.1 Å². The SMILES string of the molecule is COC(=O)c1ccc(C([Si](C)(C)C)[Si](C)(C)C)cc1. The Hall–Kier alpha value is -0.876. The molecular formula is C15H26O2Si2. The summed E-state index contributed by atoms with van der Waals surface area (Å²) in [5.74, 6) is -0.260. The molecule has 0 saturated heterocycles. The molecule has 106 valence electrons. The molecule has 2 nitrogen and oxygen atoms in total. The Kier molecular flexibility index (Phi) is 4.79. The van der Waals surface area contributed by atoms with Crippen LogP contribution in [0.25, 0.3) is 0 Å². The lowest BCUT2D eigenvalue weighted by Crippen LogP contribution is -2.46. The van der Waals surface area contributed by atoms with Gasteiger partial charge in [0.1, 0.15) is 0 Å². The highest BCUT2D eigenvalue weighted by molar-refractivity contribution is 6.96. The first-order chi connectivity index (χ1) is 8.57. The van der Waals surface area contributed by atoms with Crippen LogP contribution in [0.5, 0.6) is 0 Å². The standard InChI is InChI=1S/C15H26O2Si2/c1-17-14(16)12-8-10-13(11-9-12)15(18(2,3)4)19(5,6)7/h8-11,15H,1-7H3. The zero-order chi connectivity index (χ0) is 14.8. The number of rotatable bonds is 4. The molecule has 0 aliphatic rings. The third-order valence-electron chi connectivity index (χ3n) is 3.40. The van der Waals surface area contributed by atoms with Gasteiger partial charge < -0.3 is 4.74 Å². The van der Waals surface area contributed by atoms with E-state index in [1.54, 1.807) is 0 Å². The van der Waals surface area contributed by atoms with Gasteiger partial charge in [0, 0.05) is 16.1 Å². The van der Waals surface area contributed by atoms with Crippen molar-refractivity contribution in [2.45, 2.75) is 44.4 Å². The average molecular weight is 295 g/mol. The molecular weight excluding hydrogens is 268 g/mol. The van der Waals surface area contributed by atoms with Crippen LogP contribution in [0.2, 0.25) is 39.3 Å². The molecule has 0 spiro atoms. The molecule has 1 aromatic rings. The van der Waals surface area contributed by atoms with Crippen LogP contribution in [-0.2, 0) is 4.74 Å². The Morgan fingerprint density at radius 1 is 0.947 bits per heavy atom. The summed E-state index contributed by atoms with van der Waals surface area (Å²) < 4.78 is 4.75. The molecule has 19 heavy (non-hydrogen) atoms. The van der Waals surface area contributed by atoms with Crippen LogP contribution in [0.3, 0.4) is 0 Å². The monoisotopic (exact) mass is 294 g/mol. The fourth-order valence-corrected chi connectivity index (χ4v) is 16.0. The molecule has 0 amide bonds. The molecule has 0 unspecified atom stereocenters. The van der Waals surface area contributed by atoms with Gasteiger partial charge in [0.25, 0.3) is 0 Å². The normalized spacial score (nSPS) is 12.6. The number of carbonyl (C=O) groups is 1. The van der Waals surface area contributed by atoms with E-state index in [-0.39, 0.29) is 5.97 Å². The Morgan fingerprint density at radius 2 is 1.37 bits per heavy atom. The van der Waals surface area contributed by atoms with Crippen LogP contribution >= 0.6 is 0 Å². The van der Waals surface area contributed by atoms with Crippen LogP contribution < -0.4 is 0 Å². The van der Waals surface area contributed by atoms with Crippen molar-refractivity contribution in [3.63, 3.8) is 0 Å². The van der Waals surface area contributed by atoms with Crippen molar-refractivity contribution in [1.29, 1.82) is 0 Å². The minimum absolute atomic E-state index is 0.260. The fraction of sp³-hybridized carbons (Fsp3) is 0.533. The average Bonchev–Trinajstić information content (AvgIpc) is 2.25. The summed E-state index contributed by atoms with van der Waals surface area (Å²) in [6.07, 6.45) is 0. The highest BCUT2D eigenvalue weighted by Gasteiger charge is 2.38. The minimum atomic E-state index is -1.27. The first-order valence-electron chi connectivity index (χ1n) is 6.75. The minimum Gasteiger partial charge on any atom is -0.465 e. The lowest BCUT2D eigenvalue weighted by molar-refractivity contribution is 0.0600. The van der Waals surface area contributed by atoms with Gasteiger partial charge >= 0.3 is 5.97 Å². The van der Waals surface area contributed by atoms with Crippen molar-refractivity contribution >= 4 is 22.1 Å². The van der Waals surface area contributed by atoms with Crippen molar-refractivity contribution < 1.29 is 9.53 Å². The molecule has 1 rings (SSSR count). The van der Waals surface area contributed by atoms with E-state index in [0.717, 1.165) is 0 Å². The zero-order valence-corrected chi connectivity index (χ0v) is 15.2. The van der Waals surface area contributed by atoms with E-state index >= 15 is 0 Å². The second kappa shape index (κ2) is 5.63. The van der Waals surface area contributed by atoms with E-state index in [4.69, 9.17) is 4.74 Å². The van der Waals surface area contributed by atoms with Gasteiger partial charge in [-0.25, -0.2) is 4.79 Å². The summed E-state index contributed by atoms with van der Waals surface area (Å²) in [5.41, 5.74) is 2.03. The third-order valence-corrected chi connectivity index (χ3v) is 12.7. The maximum Gasteiger partial charge on any atom is 0.337 e. The fourth-order valence-electron chi connectivity index (χ4n) is 3.23. The van der Waals surface area contributed by atoms with E-state index in [2.05, 4.69) is 51.4 Å². The molecule has 0 bridgehead atoms. The summed E-state index contributed by atoms with van der Waals surface area (Å²) in [7, 11) is -1.12. The van der Waals surface area contributed by atoms with Crippen molar-refractivity contribution in [3.8, 4) is 0 Å². The first kappa shape index (κ1) is 16.2. The molecule has 0 N–H and O–H groups in total. The molecule has 0 aliphatic carbocycles. The molecule has 0 saturated carbocycles. The Bertz CT molecular complexity index is 425. The maximum atomic E-state index is 11.5. The predicted molar refractivity (Wildman–Crippen MR) is 87.2 cm³/mol. The van der Waals surface area contributed by atoms with Crippen LogP contribution in [0.15, 0.2) is 24.3 Å². The number of esters is 1. The van der Waals surface area contributed by atoms with Crippen LogP contribution in [-0.4, -0.2) is 29.2 Å². The predicted octanol–water partition coefficient (Wildman–Crippen LogP) is 4.31. The van der Waals surface area contributed by atoms with E-state index < -0.39 is 16.1 Å². The van der Waals surface area contributed by atoms with Crippen molar-refractivity contribution in [2.24, 2.45) is 0 Å². The number of carbonyl (C=O) groups excluding carboxylic acids is 1. The van der Waals surface area contributed by atoms with E-state index in [9.17, 15) is 4.79 Å². The van der Waals surface area contributed by atoms with Gasteiger partial charge in [-0.15, -0.1) is 0 Å². The van der Waals surface area contributed by atoms with Crippen LogP contribution in [0.1, 0.15) is 21.1 Å². The van der Waals surface area contributed by atoms with Gasteiger partial charge in [-0.3, -0.25) is 0 Å². The highest BCUT2D eigenvalue weighted by atomic mass is 28.4. The largest absolute Gasteiger partial charge is 0.465 e. The molecule has 0 fully saturated rings. The summed E-state index contributed by atoms with van der Waals surface area (Å²) in [6.45, 7) is 14.6. The zero-order valence-electron chi connectivity index (χ0n) is 13.2. The van der Waals surface area contributed by atoms with Gasteiger partial charge in [-0.2, -0.15) is 0 Å². The lowest BCUT2D eigenvalue weighted by atomic mass is 10.1. The summed E-state index contributed by atoms with van der Waals surface area (Å²) in [4.78, 5) is 11.5. The molecule has 0 atom stereocenters. The van der Waals surface area contributed by atoms with Crippen molar-refractivity contribution in [3.05, 3.63) is 35.4 Å². The highest BCUT2D eigenvalue weighted by Crippen LogP contribution is 2.35. The summed E-state index contributed by atoms with van der Waals surface area (Å²) >= 11 is 0. The molecule has 0 aliphatic heterocycles. The molecule has 0 aromatic heterocycles. The van der Waals surface area contributed by atoms with Crippen LogP contribution in [0.4, 0.5) is 0 Å². The van der Waals surface area contributed by atoms with Gasteiger partial charge in [-0.1, -0.05) is 57.0 Å². The van der Waals surface area contributed by atoms with Gasteiger partial charge in [0.05, 0.1) is 12.7 Å². The number of hydrogen-bond donors (Lipinski definition) is 0. The first-order valence-corrected chi connectivity index (χ1v) is 13.9. The second-order valence-electron chi connectivity index (χ2n) is 7.28. The lowest BCUT2D eigenvalue weighted by Gasteiger charge is -2.38. The topological polar surface area (TPSA) is 26.3 Å². The van der Waals surface area contributed by atoms with Crippen molar-refractivity contribution in [1.82, 2.24) is 0 Å². The van der Waals surface area contributed by atoms with Gasteiger partial charge in [0.2, 0.25) is 0 Å². The molecule has 1 aromatic carbocycles. The number of ether oxygens (including phenoxy) is 1. The van der Waals surface area contributed by atoms with Crippen LogP contribution in [0, 0.1) is 0 Å². The molecule has 0 radical (unpaired) electrons. The molecule has 0 heterocycles. The Labute approximate surface area is 119 Å². The summed E-state index contributed by atoms with van der Waals surface area (Å²) in [6, 6.07) is 8.03. The van der Waals surface area contributed by atoms with Gasteiger partial charge in [0.15, 0.2) is 0 Å². The number of hydrogen-bond acceptors (Lipinski definition) is 2. The molecule has 4 heteroatoms. The van der Waals surface area contributed by atoms with E-state index in [0.29, 0.717) is 10.7 Å². The second-order valence-corrected chi connectivity index (χ2v) is 18.5. The van der Waals surface area contributed by atoms with E-state index in [1.165, 1.54) is 12.7 Å². The summed E-state index contributed by atoms with van der Waals surface area (Å²) in [5, 5.41) is 0.701. The third kappa shape index (κ3) is 4.04.